The first kappa shape index (κ1) is 26.6. The number of benzene rings is 1. The minimum atomic E-state index is -0.852. The molecule has 0 aromatic heterocycles. The molecule has 9 nitrogen and oxygen atoms in total. The predicted octanol–water partition coefficient (Wildman–Crippen LogP) is 2.46. The quantitative estimate of drug-likeness (QED) is 0.538. The topological polar surface area (TPSA) is 124 Å². The fourth-order valence-electron chi connectivity index (χ4n) is 4.64. The monoisotopic (exact) mass is 537 g/mol. The number of ether oxygens (including phenoxy) is 1. The highest BCUT2D eigenvalue weighted by Crippen LogP contribution is 2.29. The number of morpholine rings is 1. The van der Waals surface area contributed by atoms with E-state index in [1.165, 1.54) is 5.56 Å². The summed E-state index contributed by atoms with van der Waals surface area (Å²) in [6.07, 6.45) is 3.56. The molecule has 0 amide bonds. The third-order valence-electron chi connectivity index (χ3n) is 6.44. The summed E-state index contributed by atoms with van der Waals surface area (Å²) < 4.78 is 7.22. The Hall–Kier alpha value is -2.01. The van der Waals surface area contributed by atoms with E-state index in [2.05, 4.69) is 60.2 Å². The smallest absolute Gasteiger partial charge is 0.300 e. The summed E-state index contributed by atoms with van der Waals surface area (Å²) in [6, 6.07) is 9.32. The van der Waals surface area contributed by atoms with Gasteiger partial charge in [0.1, 0.15) is 11.7 Å². The van der Waals surface area contributed by atoms with Gasteiger partial charge in [-0.3, -0.25) is 9.69 Å². The normalized spacial score (nSPS) is 24.2. The summed E-state index contributed by atoms with van der Waals surface area (Å²) >= 11 is 3.52. The van der Waals surface area contributed by atoms with E-state index in [0.717, 1.165) is 56.1 Å². The molecule has 0 spiro atoms. The predicted molar refractivity (Wildman–Crippen MR) is 136 cm³/mol. The second-order valence-electron chi connectivity index (χ2n) is 9.68. The molecular formula is C24H36BrN5O4. The van der Waals surface area contributed by atoms with Crippen molar-refractivity contribution < 1.29 is 19.7 Å². The second kappa shape index (κ2) is 11.6. The lowest BCUT2D eigenvalue weighted by atomic mass is 9.92. The van der Waals surface area contributed by atoms with Gasteiger partial charge in [0.25, 0.3) is 5.97 Å². The SMILES string of the molecule is CC(=O)O.CC(C)(O)[C@H]1CN(C2CCN(C3=NN=C(N)C3)CC2)[C@@H](Cc2ccc(Br)cc2)CO1. The number of carbonyl (C=O) groups is 1. The van der Waals surface area contributed by atoms with E-state index in [0.29, 0.717) is 30.9 Å². The summed E-state index contributed by atoms with van der Waals surface area (Å²) in [7, 11) is 0. The first-order valence-corrected chi connectivity index (χ1v) is 12.5. The molecule has 1 aromatic rings. The highest BCUT2D eigenvalue weighted by Gasteiger charge is 2.40. The molecule has 0 radical (unpaired) electrons. The highest BCUT2D eigenvalue weighted by molar-refractivity contribution is 9.10. The first-order chi connectivity index (χ1) is 16.0. The van der Waals surface area contributed by atoms with Crippen molar-refractivity contribution in [1.29, 1.82) is 0 Å². The van der Waals surface area contributed by atoms with Crippen LogP contribution >= 0.6 is 15.9 Å². The zero-order chi connectivity index (χ0) is 24.9. The summed E-state index contributed by atoms with van der Waals surface area (Å²) in [5.74, 6) is 0.761. The molecule has 3 aliphatic rings. The van der Waals surface area contributed by atoms with Gasteiger partial charge in [-0.2, -0.15) is 0 Å². The van der Waals surface area contributed by atoms with Crippen LogP contribution in [0.1, 0.15) is 45.6 Å². The number of nitrogens with zero attached hydrogens (tertiary/aromatic N) is 4. The van der Waals surface area contributed by atoms with Gasteiger partial charge in [-0.15, -0.1) is 10.2 Å². The van der Waals surface area contributed by atoms with Crippen molar-refractivity contribution in [3.8, 4) is 0 Å². The minimum absolute atomic E-state index is 0.177. The molecule has 4 rings (SSSR count). The number of piperidine rings is 1. The number of likely N-dealkylation sites (tertiary alicyclic amines) is 1. The lowest BCUT2D eigenvalue weighted by molar-refractivity contribution is -0.155. The van der Waals surface area contributed by atoms with Crippen LogP contribution in [-0.4, -0.2) is 87.7 Å². The lowest BCUT2D eigenvalue weighted by Crippen LogP contribution is -2.61. The Morgan fingerprint density at radius 3 is 2.38 bits per heavy atom. The van der Waals surface area contributed by atoms with Crippen LogP contribution < -0.4 is 5.73 Å². The molecule has 0 aliphatic carbocycles. The van der Waals surface area contributed by atoms with E-state index in [1.807, 2.05) is 13.8 Å². The second-order valence-corrected chi connectivity index (χ2v) is 10.6. The Morgan fingerprint density at radius 2 is 1.85 bits per heavy atom. The van der Waals surface area contributed by atoms with Gasteiger partial charge in [0.05, 0.1) is 24.7 Å². The van der Waals surface area contributed by atoms with Crippen molar-refractivity contribution in [2.45, 2.75) is 70.2 Å². The van der Waals surface area contributed by atoms with Crippen molar-refractivity contribution in [1.82, 2.24) is 9.80 Å². The minimum Gasteiger partial charge on any atom is -0.481 e. The number of halogens is 1. The Balaban J connectivity index is 0.000000751. The number of carboxylic acids is 1. The molecule has 188 valence electrons. The van der Waals surface area contributed by atoms with Crippen LogP contribution in [-0.2, 0) is 16.0 Å². The Labute approximate surface area is 209 Å². The highest BCUT2D eigenvalue weighted by atomic mass is 79.9. The van der Waals surface area contributed by atoms with Crippen LogP contribution in [0.25, 0.3) is 0 Å². The van der Waals surface area contributed by atoms with Crippen molar-refractivity contribution in [3.05, 3.63) is 34.3 Å². The van der Waals surface area contributed by atoms with E-state index in [4.69, 9.17) is 20.4 Å². The third kappa shape index (κ3) is 7.49. The molecule has 0 saturated carbocycles. The van der Waals surface area contributed by atoms with E-state index in [-0.39, 0.29) is 6.10 Å². The van der Waals surface area contributed by atoms with Crippen molar-refractivity contribution in [2.24, 2.45) is 15.9 Å². The number of carboxylic acid groups (broad SMARTS) is 1. The summed E-state index contributed by atoms with van der Waals surface area (Å²) in [4.78, 5) is 13.9. The Bertz CT molecular complexity index is 888. The Kier molecular flexibility index (Phi) is 9.08. The molecule has 0 unspecified atom stereocenters. The third-order valence-corrected chi connectivity index (χ3v) is 6.97. The van der Waals surface area contributed by atoms with Crippen LogP contribution in [0.4, 0.5) is 0 Å². The number of rotatable bonds is 4. The number of hydrogen-bond donors (Lipinski definition) is 3. The maximum Gasteiger partial charge on any atom is 0.300 e. The van der Waals surface area contributed by atoms with Gasteiger partial charge in [-0.05, 0) is 50.8 Å². The molecule has 2 fully saturated rings. The fraction of sp³-hybridized carbons (Fsp3) is 0.625. The largest absolute Gasteiger partial charge is 0.481 e. The van der Waals surface area contributed by atoms with Gasteiger partial charge in [-0.25, -0.2) is 0 Å². The molecule has 10 heteroatoms. The van der Waals surface area contributed by atoms with Crippen LogP contribution in [0.5, 0.6) is 0 Å². The molecule has 1 aromatic carbocycles. The molecule has 0 bridgehead atoms. The van der Waals surface area contributed by atoms with E-state index in [1.54, 1.807) is 0 Å². The van der Waals surface area contributed by atoms with Gasteiger partial charge in [0, 0.05) is 43.1 Å². The van der Waals surface area contributed by atoms with E-state index >= 15 is 0 Å². The van der Waals surface area contributed by atoms with Gasteiger partial charge in [0.15, 0.2) is 0 Å². The van der Waals surface area contributed by atoms with Crippen molar-refractivity contribution >= 4 is 33.6 Å². The van der Waals surface area contributed by atoms with Crippen LogP contribution in [0, 0.1) is 0 Å². The molecule has 2 saturated heterocycles. The van der Waals surface area contributed by atoms with Gasteiger partial charge in [0.2, 0.25) is 0 Å². The number of aliphatic carboxylic acids is 1. The number of nitrogens with two attached hydrogens (primary N) is 1. The van der Waals surface area contributed by atoms with Crippen LogP contribution in [0.3, 0.4) is 0 Å². The van der Waals surface area contributed by atoms with Gasteiger partial charge >= 0.3 is 0 Å². The summed E-state index contributed by atoms with van der Waals surface area (Å²) in [6.45, 7) is 8.09. The molecule has 34 heavy (non-hydrogen) atoms. The first-order valence-electron chi connectivity index (χ1n) is 11.7. The summed E-state index contributed by atoms with van der Waals surface area (Å²) in [5.41, 5.74) is 6.25. The van der Waals surface area contributed by atoms with Gasteiger partial charge < -0.3 is 25.6 Å². The molecule has 2 atom stereocenters. The molecule has 4 N–H and O–H groups in total. The van der Waals surface area contributed by atoms with Crippen LogP contribution in [0.15, 0.2) is 38.9 Å². The number of amidine groups is 2. The average molecular weight is 538 g/mol. The standard InChI is InChI=1S/C22H32BrN5O2.C2H4O2/c1-22(2,29)19-13-28(18(14-30-19)11-15-3-5-16(23)6-4-15)17-7-9-27(10-8-17)21-12-20(24)25-26-21;1-2(3)4/h3-6,17-19,29H,7-14H2,1-2H3,(H2,24,25);1H3,(H,3,4)/t18-,19+;/m0./s1. The fourth-order valence-corrected chi connectivity index (χ4v) is 4.91. The summed E-state index contributed by atoms with van der Waals surface area (Å²) in [5, 5.41) is 26.2. The van der Waals surface area contributed by atoms with E-state index < -0.39 is 11.6 Å². The maximum absolute atomic E-state index is 10.6. The lowest BCUT2D eigenvalue weighted by Gasteiger charge is -2.49. The van der Waals surface area contributed by atoms with E-state index in [9.17, 15) is 5.11 Å². The van der Waals surface area contributed by atoms with Crippen molar-refractivity contribution in [2.75, 3.05) is 26.2 Å². The maximum atomic E-state index is 10.6. The zero-order valence-electron chi connectivity index (χ0n) is 20.2. The van der Waals surface area contributed by atoms with Crippen LogP contribution in [0.2, 0.25) is 0 Å². The number of hydrogen-bond acceptors (Lipinski definition) is 8. The number of aliphatic hydroxyl groups is 1. The zero-order valence-corrected chi connectivity index (χ0v) is 21.7. The Morgan fingerprint density at radius 1 is 1.24 bits per heavy atom. The van der Waals surface area contributed by atoms with Crippen molar-refractivity contribution in [3.63, 3.8) is 0 Å². The van der Waals surface area contributed by atoms with Gasteiger partial charge in [-0.1, -0.05) is 28.1 Å². The molecular weight excluding hydrogens is 502 g/mol. The molecule has 3 heterocycles. The molecule has 3 aliphatic heterocycles. The average Bonchev–Trinajstić information content (AvgIpc) is 3.21.